The minimum Gasteiger partial charge on any atom is -0.207 e. The Hall–Kier alpha value is -2.48. The quantitative estimate of drug-likeness (QED) is 0.353. The third-order valence-corrected chi connectivity index (χ3v) is 5.72. The zero-order valence-electron chi connectivity index (χ0n) is 13.3. The summed E-state index contributed by atoms with van der Waals surface area (Å²) in [4.78, 5) is 0.299. The smallest absolute Gasteiger partial charge is 0.207 e. The Bertz CT molecular complexity index is 873. The molecule has 3 aromatic carbocycles. The van der Waals surface area contributed by atoms with Crippen molar-refractivity contribution in [1.82, 2.24) is 0 Å². The van der Waals surface area contributed by atoms with Gasteiger partial charge in [0.05, 0.1) is 16.5 Å². The van der Waals surface area contributed by atoms with Crippen LogP contribution in [0.2, 0.25) is 0 Å². The van der Waals surface area contributed by atoms with Gasteiger partial charge in [-0.25, -0.2) is 17.6 Å². The van der Waals surface area contributed by atoms with Gasteiger partial charge < -0.3 is 0 Å². The molecule has 27 heavy (non-hydrogen) atoms. The first-order valence-corrected chi connectivity index (χ1v) is 8.70. The number of rotatable bonds is 3. The van der Waals surface area contributed by atoms with E-state index >= 15 is 0 Å². The maximum atomic E-state index is 13.7. The van der Waals surface area contributed by atoms with E-state index in [9.17, 15) is 30.7 Å². The zero-order valence-corrected chi connectivity index (χ0v) is 14.1. The van der Waals surface area contributed by atoms with Crippen LogP contribution in [0.1, 0.15) is 5.56 Å². The van der Waals surface area contributed by atoms with Gasteiger partial charge in [0.2, 0.25) is 0 Å². The van der Waals surface area contributed by atoms with Gasteiger partial charge in [-0.05, 0) is 24.3 Å². The fraction of sp³-hybridized carbons (Fsp3) is 0.0526. The summed E-state index contributed by atoms with van der Waals surface area (Å²) in [6.45, 7) is 0. The Morgan fingerprint density at radius 3 is 1.22 bits per heavy atom. The van der Waals surface area contributed by atoms with Gasteiger partial charge in [0.15, 0.2) is 14.7 Å². The van der Waals surface area contributed by atoms with Crippen molar-refractivity contribution in [3.05, 3.63) is 89.5 Å². The van der Waals surface area contributed by atoms with Crippen LogP contribution in [0.15, 0.2) is 75.4 Å². The lowest BCUT2D eigenvalue weighted by Gasteiger charge is -2.10. The molecule has 8 heteroatoms. The number of hydrogen-bond donors (Lipinski definition) is 0. The van der Waals surface area contributed by atoms with Gasteiger partial charge in [-0.3, -0.25) is 0 Å². The molecule has 0 unspecified atom stereocenters. The van der Waals surface area contributed by atoms with Crippen molar-refractivity contribution in [3.8, 4) is 0 Å². The highest BCUT2D eigenvalue weighted by atomic mass is 32.2. The number of alkyl halides is 3. The van der Waals surface area contributed by atoms with Crippen molar-refractivity contribution in [1.29, 1.82) is 0 Å². The van der Waals surface area contributed by atoms with Gasteiger partial charge in [0.25, 0.3) is 0 Å². The van der Waals surface area contributed by atoms with E-state index in [0.717, 1.165) is 48.5 Å². The van der Waals surface area contributed by atoms with E-state index in [0.29, 0.717) is 12.1 Å². The molecule has 0 N–H and O–H groups in total. The summed E-state index contributed by atoms with van der Waals surface area (Å²) in [7, 11) is -1.42. The molecule has 0 fully saturated rings. The molecule has 3 rings (SSSR count). The van der Waals surface area contributed by atoms with E-state index < -0.39 is 45.9 Å². The summed E-state index contributed by atoms with van der Waals surface area (Å²) in [5.41, 5.74) is -0.911. The minimum absolute atomic E-state index is 0.0391. The Morgan fingerprint density at radius 1 is 0.519 bits per heavy atom. The van der Waals surface area contributed by atoms with Crippen LogP contribution in [0.4, 0.5) is 30.7 Å². The molecule has 0 aromatic heterocycles. The van der Waals surface area contributed by atoms with Gasteiger partial charge in [-0.1, -0.05) is 0 Å². The van der Waals surface area contributed by atoms with Crippen LogP contribution in [-0.4, -0.2) is 0 Å². The van der Waals surface area contributed by atoms with Crippen LogP contribution >= 0.6 is 0 Å². The van der Waals surface area contributed by atoms with Crippen LogP contribution in [0.5, 0.6) is 0 Å². The van der Waals surface area contributed by atoms with E-state index in [1.807, 2.05) is 0 Å². The average Bonchev–Trinajstić information content (AvgIpc) is 2.53. The first-order chi connectivity index (χ1) is 12.6. The molecular formula is C19H10F7S+. The van der Waals surface area contributed by atoms with Crippen LogP contribution < -0.4 is 0 Å². The standard InChI is InChI=1S/C19H10F7S/c20-12-5-13(21)8-17(7-12)27(18-9-14(22)6-15(23)10-18)16-3-1-11(2-4-16)19(24,25)26/h1-10H/q+1. The largest absolute Gasteiger partial charge is 0.416 e. The molecule has 0 nitrogen and oxygen atoms in total. The fourth-order valence-electron chi connectivity index (χ4n) is 2.48. The maximum Gasteiger partial charge on any atom is 0.416 e. The predicted octanol–water partition coefficient (Wildman–Crippen LogP) is 6.36. The predicted molar refractivity (Wildman–Crippen MR) is 86.3 cm³/mol. The van der Waals surface area contributed by atoms with Gasteiger partial charge in [-0.15, -0.1) is 0 Å². The second kappa shape index (κ2) is 7.26. The molecule has 0 saturated carbocycles. The molecule has 0 amide bonds. The fourth-order valence-corrected chi connectivity index (χ4v) is 4.63. The van der Waals surface area contributed by atoms with E-state index in [4.69, 9.17) is 0 Å². The van der Waals surface area contributed by atoms with Crippen molar-refractivity contribution in [3.63, 3.8) is 0 Å². The summed E-state index contributed by atoms with van der Waals surface area (Å²) in [6, 6.07) is 9.03. The summed E-state index contributed by atoms with van der Waals surface area (Å²) < 4.78 is 93.0. The topological polar surface area (TPSA) is 0 Å². The third-order valence-electron chi connectivity index (χ3n) is 3.56. The van der Waals surface area contributed by atoms with E-state index in [1.165, 1.54) is 0 Å². The van der Waals surface area contributed by atoms with Crippen LogP contribution in [0.25, 0.3) is 0 Å². The zero-order chi connectivity index (χ0) is 19.8. The molecule has 0 saturated heterocycles. The average molecular weight is 403 g/mol. The van der Waals surface area contributed by atoms with Gasteiger partial charge in [0.1, 0.15) is 23.3 Å². The Kier molecular flexibility index (Phi) is 5.19. The summed E-state index contributed by atoms with van der Waals surface area (Å²) >= 11 is 0. The highest BCUT2D eigenvalue weighted by molar-refractivity contribution is 7.97. The molecule has 3 aromatic rings. The molecule has 140 valence electrons. The summed E-state index contributed by atoms with van der Waals surface area (Å²) in [5.74, 6) is -3.64. The van der Waals surface area contributed by atoms with Gasteiger partial charge in [0, 0.05) is 36.4 Å². The highest BCUT2D eigenvalue weighted by Crippen LogP contribution is 2.35. The summed E-state index contributed by atoms with van der Waals surface area (Å²) in [5, 5.41) is 0. The number of hydrogen-bond acceptors (Lipinski definition) is 0. The molecule has 0 heterocycles. The Morgan fingerprint density at radius 2 is 0.889 bits per heavy atom. The Labute approximate surface area is 152 Å². The minimum atomic E-state index is -4.56. The molecule has 0 radical (unpaired) electrons. The van der Waals surface area contributed by atoms with Crippen molar-refractivity contribution in [2.24, 2.45) is 0 Å². The summed E-state index contributed by atoms with van der Waals surface area (Å²) in [6.07, 6.45) is -4.56. The molecule has 0 aliphatic heterocycles. The van der Waals surface area contributed by atoms with Crippen molar-refractivity contribution in [2.75, 3.05) is 0 Å². The van der Waals surface area contributed by atoms with Crippen LogP contribution in [0, 0.1) is 23.3 Å². The molecule has 0 spiro atoms. The van der Waals surface area contributed by atoms with Crippen molar-refractivity contribution < 1.29 is 30.7 Å². The van der Waals surface area contributed by atoms with Crippen LogP contribution in [0.3, 0.4) is 0 Å². The van der Waals surface area contributed by atoms with E-state index in [-0.39, 0.29) is 14.7 Å². The first kappa shape index (κ1) is 19.3. The lowest BCUT2D eigenvalue weighted by atomic mass is 10.2. The molecule has 0 atom stereocenters. The van der Waals surface area contributed by atoms with E-state index in [1.54, 1.807) is 0 Å². The van der Waals surface area contributed by atoms with Crippen LogP contribution in [-0.2, 0) is 17.1 Å². The lowest BCUT2D eigenvalue weighted by molar-refractivity contribution is -0.137. The second-order valence-electron chi connectivity index (χ2n) is 5.54. The monoisotopic (exact) mass is 403 g/mol. The normalized spacial score (nSPS) is 11.9. The van der Waals surface area contributed by atoms with Crippen molar-refractivity contribution >= 4 is 10.9 Å². The first-order valence-electron chi connectivity index (χ1n) is 7.47. The molecule has 0 bridgehead atoms. The molecule has 0 aliphatic carbocycles. The maximum absolute atomic E-state index is 13.7. The second-order valence-corrected chi connectivity index (χ2v) is 7.57. The van der Waals surface area contributed by atoms with Gasteiger partial charge in [-0.2, -0.15) is 13.2 Å². The molecular weight excluding hydrogens is 393 g/mol. The van der Waals surface area contributed by atoms with E-state index in [2.05, 4.69) is 0 Å². The Balaban J connectivity index is 2.18. The number of benzene rings is 3. The lowest BCUT2D eigenvalue weighted by Crippen LogP contribution is -2.09. The SMILES string of the molecule is Fc1cc(F)cc([S+](c2ccc(C(F)(F)F)cc2)c2cc(F)cc(F)c2)c1. The highest BCUT2D eigenvalue weighted by Gasteiger charge is 2.34. The van der Waals surface area contributed by atoms with Gasteiger partial charge >= 0.3 is 6.18 Å². The third kappa shape index (κ3) is 4.44. The molecule has 0 aliphatic rings. The number of halogens is 7. The van der Waals surface area contributed by atoms with Crippen molar-refractivity contribution in [2.45, 2.75) is 20.9 Å².